The lowest BCUT2D eigenvalue weighted by molar-refractivity contribution is -0.129. The van der Waals surface area contributed by atoms with E-state index < -0.39 is 0 Å². The Bertz CT molecular complexity index is 718. The third-order valence-corrected chi connectivity index (χ3v) is 4.44. The highest BCUT2D eigenvalue weighted by atomic mass is 16.2. The monoisotopic (exact) mass is 325 g/mol. The Hall–Kier alpha value is -2.63. The Kier molecular flexibility index (Phi) is 4.64. The molecule has 0 aliphatic carbocycles. The summed E-state index contributed by atoms with van der Waals surface area (Å²) < 4.78 is 0. The minimum Gasteiger partial charge on any atom is -0.353 e. The first-order valence-corrected chi connectivity index (χ1v) is 8.20. The third kappa shape index (κ3) is 3.48. The summed E-state index contributed by atoms with van der Waals surface area (Å²) in [6.07, 6.45) is 1.59. The van der Waals surface area contributed by atoms with E-state index in [0.717, 1.165) is 43.5 Å². The fourth-order valence-corrected chi connectivity index (χ4v) is 2.98. The summed E-state index contributed by atoms with van der Waals surface area (Å²) >= 11 is 0. The van der Waals surface area contributed by atoms with Crippen molar-refractivity contribution >= 4 is 23.2 Å². The number of para-hydroxylation sites is 1. The van der Waals surface area contributed by atoms with Crippen LogP contribution in [0.1, 0.15) is 18.1 Å². The van der Waals surface area contributed by atoms with E-state index in [4.69, 9.17) is 0 Å². The van der Waals surface area contributed by atoms with Gasteiger partial charge >= 0.3 is 0 Å². The van der Waals surface area contributed by atoms with Crippen LogP contribution in [0.5, 0.6) is 0 Å². The maximum absolute atomic E-state index is 11.4. The molecule has 0 bridgehead atoms. The van der Waals surface area contributed by atoms with Crippen molar-refractivity contribution in [3.8, 4) is 0 Å². The van der Waals surface area contributed by atoms with Crippen LogP contribution < -0.4 is 10.2 Å². The highest BCUT2D eigenvalue weighted by molar-refractivity contribution is 5.73. The Morgan fingerprint density at radius 3 is 2.38 bits per heavy atom. The van der Waals surface area contributed by atoms with Crippen LogP contribution in [0, 0.1) is 13.8 Å². The zero-order chi connectivity index (χ0) is 17.1. The van der Waals surface area contributed by atoms with E-state index in [1.807, 2.05) is 11.0 Å². The molecule has 1 aliphatic rings. The molecule has 1 aromatic carbocycles. The second-order valence-corrected chi connectivity index (χ2v) is 6.15. The molecule has 126 valence electrons. The van der Waals surface area contributed by atoms with Gasteiger partial charge in [-0.25, -0.2) is 9.97 Å². The van der Waals surface area contributed by atoms with Gasteiger partial charge in [-0.15, -0.1) is 0 Å². The van der Waals surface area contributed by atoms with Gasteiger partial charge in [-0.1, -0.05) is 18.2 Å². The molecule has 24 heavy (non-hydrogen) atoms. The van der Waals surface area contributed by atoms with Gasteiger partial charge in [-0.05, 0) is 25.0 Å². The number of carbonyl (C=O) groups excluding carboxylic acids is 1. The molecule has 0 spiro atoms. The molecule has 1 aliphatic heterocycles. The van der Waals surface area contributed by atoms with Gasteiger partial charge in [0.05, 0.1) is 0 Å². The first kappa shape index (κ1) is 16.2. The smallest absolute Gasteiger partial charge is 0.219 e. The number of rotatable bonds is 3. The van der Waals surface area contributed by atoms with Crippen molar-refractivity contribution < 1.29 is 4.79 Å². The van der Waals surface area contributed by atoms with Gasteiger partial charge in [0.2, 0.25) is 5.91 Å². The van der Waals surface area contributed by atoms with Gasteiger partial charge < -0.3 is 15.1 Å². The summed E-state index contributed by atoms with van der Waals surface area (Å²) in [5.74, 6) is 1.81. The van der Waals surface area contributed by atoms with E-state index in [1.165, 1.54) is 11.1 Å². The molecule has 0 atom stereocenters. The van der Waals surface area contributed by atoms with Gasteiger partial charge in [0.25, 0.3) is 0 Å². The van der Waals surface area contributed by atoms with Crippen LogP contribution in [0.15, 0.2) is 30.6 Å². The predicted molar refractivity (Wildman–Crippen MR) is 95.7 cm³/mol. The largest absolute Gasteiger partial charge is 0.353 e. The maximum Gasteiger partial charge on any atom is 0.219 e. The number of hydrogen-bond donors (Lipinski definition) is 1. The number of benzene rings is 1. The zero-order valence-electron chi connectivity index (χ0n) is 14.4. The number of aromatic nitrogens is 2. The van der Waals surface area contributed by atoms with Crippen molar-refractivity contribution in [2.45, 2.75) is 20.8 Å². The van der Waals surface area contributed by atoms with Crippen LogP contribution in [0.4, 0.5) is 17.3 Å². The summed E-state index contributed by atoms with van der Waals surface area (Å²) in [5, 5.41) is 3.40. The van der Waals surface area contributed by atoms with Crippen LogP contribution in [0.3, 0.4) is 0 Å². The number of nitrogens with zero attached hydrogens (tertiary/aromatic N) is 4. The Morgan fingerprint density at radius 1 is 1.08 bits per heavy atom. The number of amides is 1. The number of anilines is 3. The average Bonchev–Trinajstić information content (AvgIpc) is 2.59. The lowest BCUT2D eigenvalue weighted by Gasteiger charge is -2.34. The fourth-order valence-electron chi connectivity index (χ4n) is 2.98. The van der Waals surface area contributed by atoms with Gasteiger partial charge in [-0.2, -0.15) is 0 Å². The van der Waals surface area contributed by atoms with Gasteiger partial charge in [0.15, 0.2) is 0 Å². The van der Waals surface area contributed by atoms with E-state index in [0.29, 0.717) is 0 Å². The van der Waals surface area contributed by atoms with Crippen molar-refractivity contribution in [1.82, 2.24) is 14.9 Å². The minimum absolute atomic E-state index is 0.134. The normalized spacial score (nSPS) is 14.6. The lowest BCUT2D eigenvalue weighted by atomic mass is 10.1. The Balaban J connectivity index is 1.74. The van der Waals surface area contributed by atoms with Crippen LogP contribution >= 0.6 is 0 Å². The van der Waals surface area contributed by atoms with E-state index in [-0.39, 0.29) is 5.91 Å². The van der Waals surface area contributed by atoms with Crippen LogP contribution in [-0.2, 0) is 4.79 Å². The van der Waals surface area contributed by atoms with E-state index in [1.54, 1.807) is 13.3 Å². The molecule has 1 N–H and O–H groups in total. The molecule has 1 fully saturated rings. The predicted octanol–water partition coefficient (Wildman–Crippen LogP) is 2.51. The molecule has 3 rings (SSSR count). The summed E-state index contributed by atoms with van der Waals surface area (Å²) in [6.45, 7) is 8.83. The van der Waals surface area contributed by atoms with Crippen LogP contribution in [-0.4, -0.2) is 47.0 Å². The molecule has 0 saturated carbocycles. The molecular formula is C18H23N5O. The highest BCUT2D eigenvalue weighted by Crippen LogP contribution is 2.25. The van der Waals surface area contributed by atoms with Crippen molar-refractivity contribution in [3.05, 3.63) is 41.7 Å². The molecule has 1 aromatic heterocycles. The van der Waals surface area contributed by atoms with Gasteiger partial charge in [0.1, 0.15) is 18.0 Å². The van der Waals surface area contributed by atoms with Crippen LogP contribution in [0.25, 0.3) is 0 Å². The molecule has 2 heterocycles. The Labute approximate surface area is 142 Å². The third-order valence-electron chi connectivity index (χ3n) is 4.44. The maximum atomic E-state index is 11.4. The second kappa shape index (κ2) is 6.86. The molecule has 1 saturated heterocycles. The summed E-state index contributed by atoms with van der Waals surface area (Å²) in [4.78, 5) is 24.2. The summed E-state index contributed by atoms with van der Waals surface area (Å²) in [5.41, 5.74) is 3.46. The highest BCUT2D eigenvalue weighted by Gasteiger charge is 2.19. The second-order valence-electron chi connectivity index (χ2n) is 6.15. The quantitative estimate of drug-likeness (QED) is 0.939. The van der Waals surface area contributed by atoms with Crippen molar-refractivity contribution in [1.29, 1.82) is 0 Å². The average molecular weight is 325 g/mol. The SMILES string of the molecule is CC(=O)N1CCN(c2cc(Nc3c(C)cccc3C)ncn2)CC1. The molecule has 1 amide bonds. The summed E-state index contributed by atoms with van der Waals surface area (Å²) in [6, 6.07) is 8.18. The van der Waals surface area contributed by atoms with Crippen LogP contribution in [0.2, 0.25) is 0 Å². The molecule has 6 nitrogen and oxygen atoms in total. The molecule has 2 aromatic rings. The van der Waals surface area contributed by atoms with Gasteiger partial charge in [-0.3, -0.25) is 4.79 Å². The first-order valence-electron chi connectivity index (χ1n) is 8.20. The number of carbonyl (C=O) groups is 1. The molecular weight excluding hydrogens is 302 g/mol. The van der Waals surface area contributed by atoms with Crippen molar-refractivity contribution in [2.75, 3.05) is 36.4 Å². The molecule has 0 unspecified atom stereocenters. The van der Waals surface area contributed by atoms with Crippen molar-refractivity contribution in [3.63, 3.8) is 0 Å². The molecule has 6 heteroatoms. The fraction of sp³-hybridized carbons (Fsp3) is 0.389. The van der Waals surface area contributed by atoms with E-state index in [2.05, 4.69) is 52.2 Å². The minimum atomic E-state index is 0.134. The van der Waals surface area contributed by atoms with E-state index >= 15 is 0 Å². The van der Waals surface area contributed by atoms with Gasteiger partial charge in [0, 0.05) is 44.9 Å². The summed E-state index contributed by atoms with van der Waals surface area (Å²) in [7, 11) is 0. The first-order chi connectivity index (χ1) is 11.5. The topological polar surface area (TPSA) is 61.4 Å². The van der Waals surface area contributed by atoms with Crippen molar-refractivity contribution in [2.24, 2.45) is 0 Å². The number of piperazine rings is 1. The zero-order valence-corrected chi connectivity index (χ0v) is 14.4. The lowest BCUT2D eigenvalue weighted by Crippen LogP contribution is -2.48. The number of nitrogens with one attached hydrogen (secondary N) is 1. The number of aryl methyl sites for hydroxylation is 2. The number of hydrogen-bond acceptors (Lipinski definition) is 5. The molecule has 0 radical (unpaired) electrons. The van der Waals surface area contributed by atoms with E-state index in [9.17, 15) is 4.79 Å². The Morgan fingerprint density at radius 2 is 1.75 bits per heavy atom. The standard InChI is InChI=1S/C18H23N5O/c1-13-5-4-6-14(2)18(13)21-16-11-17(20-12-19-16)23-9-7-22(8-10-23)15(3)24/h4-6,11-12H,7-10H2,1-3H3,(H,19,20,21).